The van der Waals surface area contributed by atoms with Gasteiger partial charge in [0.15, 0.2) is 0 Å². The largest absolute Gasteiger partial charge is 0.481 e. The Hall–Kier alpha value is -2.87. The smallest absolute Gasteiger partial charge is 0.316 e. The van der Waals surface area contributed by atoms with Gasteiger partial charge in [0.2, 0.25) is 0 Å². The van der Waals surface area contributed by atoms with Crippen molar-refractivity contribution in [2.24, 2.45) is 0 Å². The number of aliphatic carboxylic acids is 1. The third-order valence-electron chi connectivity index (χ3n) is 5.71. The molecule has 0 spiro atoms. The maximum Gasteiger partial charge on any atom is 0.316 e. The minimum atomic E-state index is -0.780. The van der Waals surface area contributed by atoms with E-state index in [9.17, 15) is 9.90 Å². The zero-order valence-corrected chi connectivity index (χ0v) is 18.6. The van der Waals surface area contributed by atoms with Gasteiger partial charge in [0.1, 0.15) is 0 Å². The number of carboxylic acid groups (broad SMARTS) is 1. The Kier molecular flexibility index (Phi) is 8.06. The molecular weight excluding hydrogens is 394 g/mol. The van der Waals surface area contributed by atoms with Crippen molar-refractivity contribution in [3.05, 3.63) is 36.2 Å². The Bertz CT molecular complexity index is 853. The van der Waals surface area contributed by atoms with Crippen LogP contribution in [0.2, 0.25) is 0 Å². The number of carboxylic acids is 1. The summed E-state index contributed by atoms with van der Waals surface area (Å²) in [6, 6.07) is 7.03. The predicted octanol–water partition coefficient (Wildman–Crippen LogP) is 3.78. The molecule has 1 aromatic heterocycles. The molecule has 0 bridgehead atoms. The maximum absolute atomic E-state index is 11.3. The highest BCUT2D eigenvalue weighted by Gasteiger charge is 2.24. The van der Waals surface area contributed by atoms with E-state index in [-0.39, 0.29) is 12.3 Å². The normalized spacial score (nSPS) is 16.7. The maximum atomic E-state index is 11.3. The van der Waals surface area contributed by atoms with Crippen LogP contribution in [0.4, 0.5) is 17.1 Å². The van der Waals surface area contributed by atoms with Crippen LogP contribution in [0.25, 0.3) is 0 Å². The summed E-state index contributed by atoms with van der Waals surface area (Å²) in [5.74, 6) is -0.815. The van der Waals surface area contributed by atoms with Crippen LogP contribution in [-0.2, 0) is 4.79 Å². The summed E-state index contributed by atoms with van der Waals surface area (Å²) in [4.78, 5) is 22.2. The van der Waals surface area contributed by atoms with Crippen molar-refractivity contribution in [3.63, 3.8) is 0 Å². The molecule has 2 aromatic rings. The second kappa shape index (κ2) is 10.9. The molecule has 1 aliphatic heterocycles. The lowest BCUT2D eigenvalue weighted by atomic mass is 9.92. The number of aromatic nitrogens is 2. The number of anilines is 3. The number of nitrogens with one attached hydrogen (secondary N) is 2. The fourth-order valence-corrected chi connectivity index (χ4v) is 4.14. The first kappa shape index (κ1) is 22.8. The zero-order chi connectivity index (χ0) is 22.2. The number of carbonyl (C=O) groups is 1. The van der Waals surface area contributed by atoms with E-state index in [2.05, 4.69) is 50.6 Å². The molecule has 0 amide bonds. The van der Waals surface area contributed by atoms with E-state index in [4.69, 9.17) is 4.74 Å². The molecule has 0 saturated carbocycles. The Morgan fingerprint density at radius 2 is 2.10 bits per heavy atom. The van der Waals surface area contributed by atoms with Gasteiger partial charge in [0, 0.05) is 19.1 Å². The highest BCUT2D eigenvalue weighted by Crippen LogP contribution is 2.35. The summed E-state index contributed by atoms with van der Waals surface area (Å²) in [5.41, 5.74) is 3.80. The van der Waals surface area contributed by atoms with E-state index < -0.39 is 5.97 Å². The van der Waals surface area contributed by atoms with Crippen molar-refractivity contribution >= 4 is 23.0 Å². The zero-order valence-electron chi connectivity index (χ0n) is 18.6. The fraction of sp³-hybridized carbons (Fsp3) is 0.522. The lowest BCUT2D eigenvalue weighted by molar-refractivity contribution is -0.137. The second-order valence-corrected chi connectivity index (χ2v) is 7.72. The van der Waals surface area contributed by atoms with E-state index in [1.807, 2.05) is 13.8 Å². The molecule has 168 valence electrons. The number of nitrogens with zero attached hydrogens (tertiary/aromatic N) is 3. The number of ether oxygens (including phenoxy) is 1. The molecule has 1 saturated heterocycles. The van der Waals surface area contributed by atoms with Crippen LogP contribution in [0.15, 0.2) is 30.6 Å². The van der Waals surface area contributed by atoms with E-state index in [0.717, 1.165) is 55.1 Å². The Morgan fingerprint density at radius 3 is 2.68 bits per heavy atom. The van der Waals surface area contributed by atoms with Gasteiger partial charge in [-0.05, 0) is 56.8 Å². The van der Waals surface area contributed by atoms with Crippen molar-refractivity contribution in [1.29, 1.82) is 0 Å². The minimum Gasteiger partial charge on any atom is -0.481 e. The van der Waals surface area contributed by atoms with Gasteiger partial charge in [0.05, 0.1) is 42.5 Å². The van der Waals surface area contributed by atoms with Crippen LogP contribution in [0, 0.1) is 0 Å². The van der Waals surface area contributed by atoms with Crippen molar-refractivity contribution in [3.8, 4) is 6.01 Å². The van der Waals surface area contributed by atoms with Gasteiger partial charge in [0.25, 0.3) is 0 Å². The summed E-state index contributed by atoms with van der Waals surface area (Å²) in [6.45, 7) is 9.45. The molecule has 1 aliphatic rings. The number of rotatable bonds is 11. The second-order valence-electron chi connectivity index (χ2n) is 7.72. The number of likely N-dealkylation sites (N-methyl/N-ethyl adjacent to an activating group) is 1. The van der Waals surface area contributed by atoms with Crippen molar-refractivity contribution in [1.82, 2.24) is 15.3 Å². The van der Waals surface area contributed by atoms with Gasteiger partial charge in [-0.25, -0.2) is 9.97 Å². The van der Waals surface area contributed by atoms with Crippen LogP contribution in [0.1, 0.15) is 51.5 Å². The first-order valence-corrected chi connectivity index (χ1v) is 11.1. The molecule has 8 nitrogen and oxygen atoms in total. The van der Waals surface area contributed by atoms with Crippen LogP contribution >= 0.6 is 0 Å². The van der Waals surface area contributed by atoms with Gasteiger partial charge in [-0.2, -0.15) is 0 Å². The third-order valence-corrected chi connectivity index (χ3v) is 5.71. The molecule has 1 fully saturated rings. The molecule has 2 unspecified atom stereocenters. The van der Waals surface area contributed by atoms with E-state index in [1.54, 1.807) is 12.4 Å². The number of benzene rings is 1. The molecule has 0 radical (unpaired) electrons. The molecule has 3 rings (SSSR count). The third kappa shape index (κ3) is 5.85. The van der Waals surface area contributed by atoms with Gasteiger partial charge < -0.3 is 25.4 Å². The molecule has 1 aromatic carbocycles. The van der Waals surface area contributed by atoms with E-state index in [1.165, 1.54) is 0 Å². The quantitative estimate of drug-likeness (QED) is 0.498. The lowest BCUT2D eigenvalue weighted by Crippen LogP contribution is -2.37. The fourth-order valence-electron chi connectivity index (χ4n) is 4.14. The average Bonchev–Trinajstić information content (AvgIpc) is 3.29. The molecule has 8 heteroatoms. The van der Waals surface area contributed by atoms with E-state index >= 15 is 0 Å². The summed E-state index contributed by atoms with van der Waals surface area (Å²) in [6.07, 6.45) is 5.39. The van der Waals surface area contributed by atoms with Crippen LogP contribution in [-0.4, -0.2) is 53.3 Å². The molecule has 0 aliphatic carbocycles. The molecule has 3 N–H and O–H groups in total. The monoisotopic (exact) mass is 427 g/mol. The molecule has 31 heavy (non-hydrogen) atoms. The summed E-state index contributed by atoms with van der Waals surface area (Å²) in [5, 5.41) is 16.2. The predicted molar refractivity (Wildman–Crippen MR) is 123 cm³/mol. The SMILES string of the molecule is CCOc1ncc(Nc2cc(C(CC)CC(=O)O)ccc2N(CC)C2CCNC2)cn1. The van der Waals surface area contributed by atoms with Crippen molar-refractivity contribution < 1.29 is 14.6 Å². The Balaban J connectivity index is 1.95. The molecular formula is C23H33N5O3. The van der Waals surface area contributed by atoms with E-state index in [0.29, 0.717) is 18.7 Å². The highest BCUT2D eigenvalue weighted by atomic mass is 16.5. The van der Waals surface area contributed by atoms with Crippen molar-refractivity contribution in [2.75, 3.05) is 36.5 Å². The van der Waals surface area contributed by atoms with Crippen LogP contribution in [0.3, 0.4) is 0 Å². The molecule has 2 atom stereocenters. The van der Waals surface area contributed by atoms with Crippen LogP contribution < -0.4 is 20.3 Å². The van der Waals surface area contributed by atoms with Crippen molar-refractivity contribution in [2.45, 2.75) is 52.0 Å². The first-order chi connectivity index (χ1) is 15.0. The summed E-state index contributed by atoms with van der Waals surface area (Å²) < 4.78 is 5.34. The highest BCUT2D eigenvalue weighted by molar-refractivity contribution is 5.77. The Labute approximate surface area is 184 Å². The summed E-state index contributed by atoms with van der Waals surface area (Å²) in [7, 11) is 0. The van der Waals surface area contributed by atoms with Gasteiger partial charge in [-0.1, -0.05) is 13.0 Å². The number of hydrogen-bond acceptors (Lipinski definition) is 7. The van der Waals surface area contributed by atoms with Crippen LogP contribution in [0.5, 0.6) is 6.01 Å². The lowest BCUT2D eigenvalue weighted by Gasteiger charge is -2.32. The first-order valence-electron chi connectivity index (χ1n) is 11.1. The molecule has 2 heterocycles. The average molecular weight is 428 g/mol. The number of hydrogen-bond donors (Lipinski definition) is 3. The standard InChI is InChI=1S/C23H33N5O3/c1-4-16(12-22(29)30)17-7-8-21(28(5-2)19-9-10-24-15-19)20(11-17)27-18-13-25-23(26-14-18)31-6-3/h7-8,11,13-14,16,19,24,27H,4-6,9-10,12,15H2,1-3H3,(H,29,30). The van der Waals surface area contributed by atoms with Gasteiger partial charge in [-0.3, -0.25) is 4.79 Å². The Morgan fingerprint density at radius 1 is 1.32 bits per heavy atom. The summed E-state index contributed by atoms with van der Waals surface area (Å²) >= 11 is 0. The van der Waals surface area contributed by atoms with Gasteiger partial charge in [-0.15, -0.1) is 0 Å². The topological polar surface area (TPSA) is 99.6 Å². The minimum absolute atomic E-state index is 0.0353. The van der Waals surface area contributed by atoms with Gasteiger partial charge >= 0.3 is 12.0 Å².